The second kappa shape index (κ2) is 3.59. The van der Waals surface area contributed by atoms with E-state index in [-0.39, 0.29) is 0 Å². The van der Waals surface area contributed by atoms with Gasteiger partial charge < -0.3 is 14.8 Å². The third-order valence-electron chi connectivity index (χ3n) is 3.44. The van der Waals surface area contributed by atoms with E-state index in [9.17, 15) is 5.11 Å². The number of fused-ring (bicyclic) bond motifs is 3. The number of ether oxygens (including phenoxy) is 1. The molecule has 3 rings (SSSR count). The van der Waals surface area contributed by atoms with Gasteiger partial charge in [0.25, 0.3) is 0 Å². The molecule has 0 fully saturated rings. The van der Waals surface area contributed by atoms with E-state index in [2.05, 4.69) is 11.1 Å². The molecule has 0 saturated heterocycles. The SMILES string of the molecule is CC(C)(O)c1ccc2[nH]c3c(c2c1)COCC3. The van der Waals surface area contributed by atoms with Crippen LogP contribution in [0.1, 0.15) is 30.7 Å². The van der Waals surface area contributed by atoms with Crippen molar-refractivity contribution in [2.45, 2.75) is 32.5 Å². The highest BCUT2D eigenvalue weighted by Crippen LogP contribution is 2.30. The molecule has 0 spiro atoms. The normalized spacial score (nSPS) is 16.2. The summed E-state index contributed by atoms with van der Waals surface area (Å²) in [6.07, 6.45) is 0.946. The van der Waals surface area contributed by atoms with Crippen LogP contribution in [0.2, 0.25) is 0 Å². The van der Waals surface area contributed by atoms with Crippen molar-refractivity contribution in [3.63, 3.8) is 0 Å². The van der Waals surface area contributed by atoms with Crippen LogP contribution in [0.25, 0.3) is 10.9 Å². The van der Waals surface area contributed by atoms with Gasteiger partial charge in [0.2, 0.25) is 0 Å². The zero-order valence-corrected chi connectivity index (χ0v) is 10.2. The van der Waals surface area contributed by atoms with Crippen molar-refractivity contribution in [2.24, 2.45) is 0 Å². The predicted octanol–water partition coefficient (Wildman–Crippen LogP) is 2.47. The summed E-state index contributed by atoms with van der Waals surface area (Å²) in [5.41, 5.74) is 3.80. The molecule has 0 atom stereocenters. The molecule has 2 aromatic rings. The van der Waals surface area contributed by atoms with Crippen LogP contribution in [0.4, 0.5) is 0 Å². The Bertz CT molecular complexity index is 563. The summed E-state index contributed by atoms with van der Waals surface area (Å²) in [4.78, 5) is 3.43. The van der Waals surface area contributed by atoms with E-state index in [0.717, 1.165) is 24.1 Å². The van der Waals surface area contributed by atoms with Crippen LogP contribution in [-0.4, -0.2) is 16.7 Å². The Kier molecular flexibility index (Phi) is 2.28. The lowest BCUT2D eigenvalue weighted by Crippen LogP contribution is -2.15. The lowest BCUT2D eigenvalue weighted by atomic mass is 9.96. The molecule has 3 nitrogen and oxygen atoms in total. The van der Waals surface area contributed by atoms with E-state index >= 15 is 0 Å². The molecule has 3 heteroatoms. The fraction of sp³-hybridized carbons (Fsp3) is 0.429. The number of nitrogens with one attached hydrogen (secondary N) is 1. The minimum Gasteiger partial charge on any atom is -0.386 e. The molecular weight excluding hydrogens is 214 g/mol. The molecule has 0 radical (unpaired) electrons. The van der Waals surface area contributed by atoms with E-state index in [1.807, 2.05) is 26.0 Å². The van der Waals surface area contributed by atoms with Gasteiger partial charge in [-0.2, -0.15) is 0 Å². The summed E-state index contributed by atoms with van der Waals surface area (Å²) in [7, 11) is 0. The first kappa shape index (κ1) is 10.8. The molecule has 2 N–H and O–H groups in total. The quantitative estimate of drug-likeness (QED) is 0.792. The van der Waals surface area contributed by atoms with E-state index in [0.29, 0.717) is 6.61 Å². The second-order valence-electron chi connectivity index (χ2n) is 5.20. The van der Waals surface area contributed by atoms with E-state index < -0.39 is 5.60 Å². The van der Waals surface area contributed by atoms with Gasteiger partial charge in [0, 0.05) is 28.6 Å². The number of hydrogen-bond donors (Lipinski definition) is 2. The first-order valence-corrected chi connectivity index (χ1v) is 6.00. The maximum absolute atomic E-state index is 10.0. The molecule has 1 aliphatic rings. The van der Waals surface area contributed by atoms with Gasteiger partial charge in [0.1, 0.15) is 0 Å². The van der Waals surface area contributed by atoms with Crippen LogP contribution in [0, 0.1) is 0 Å². The minimum absolute atomic E-state index is 0.671. The number of benzene rings is 1. The third kappa shape index (κ3) is 1.75. The Balaban J connectivity index is 2.21. The molecule has 0 aliphatic carbocycles. The lowest BCUT2D eigenvalue weighted by Gasteiger charge is -2.18. The summed E-state index contributed by atoms with van der Waals surface area (Å²) in [6.45, 7) is 5.08. The molecule has 1 aromatic heterocycles. The van der Waals surface area contributed by atoms with E-state index in [1.165, 1.54) is 16.6 Å². The van der Waals surface area contributed by atoms with Crippen molar-refractivity contribution in [2.75, 3.05) is 6.61 Å². The van der Waals surface area contributed by atoms with Crippen LogP contribution >= 0.6 is 0 Å². The van der Waals surface area contributed by atoms with Gasteiger partial charge in [-0.3, -0.25) is 0 Å². The van der Waals surface area contributed by atoms with Crippen molar-refractivity contribution < 1.29 is 9.84 Å². The minimum atomic E-state index is -0.798. The number of aromatic amines is 1. The number of aliphatic hydroxyl groups is 1. The van der Waals surface area contributed by atoms with E-state index in [1.54, 1.807) is 0 Å². The topological polar surface area (TPSA) is 45.2 Å². The number of H-pyrrole nitrogens is 1. The average molecular weight is 231 g/mol. The first-order chi connectivity index (χ1) is 8.05. The van der Waals surface area contributed by atoms with Gasteiger partial charge in [0.15, 0.2) is 0 Å². The second-order valence-corrected chi connectivity index (χ2v) is 5.20. The van der Waals surface area contributed by atoms with Crippen molar-refractivity contribution in [1.82, 2.24) is 4.98 Å². The zero-order chi connectivity index (χ0) is 12.0. The van der Waals surface area contributed by atoms with Crippen LogP contribution < -0.4 is 0 Å². The molecule has 1 aromatic carbocycles. The smallest absolute Gasteiger partial charge is 0.0840 e. The fourth-order valence-electron chi connectivity index (χ4n) is 2.41. The molecule has 1 aliphatic heterocycles. The molecule has 2 heterocycles. The molecule has 0 saturated carbocycles. The number of aromatic nitrogens is 1. The Morgan fingerprint density at radius 1 is 1.35 bits per heavy atom. The largest absolute Gasteiger partial charge is 0.386 e. The maximum atomic E-state index is 10.0. The Hall–Kier alpha value is -1.32. The molecule has 17 heavy (non-hydrogen) atoms. The summed E-state index contributed by atoms with van der Waals surface area (Å²) < 4.78 is 5.51. The standard InChI is InChI=1S/C14H17NO2/c1-14(2,16)9-3-4-12-10(7-9)11-8-17-6-5-13(11)15-12/h3-4,7,15-16H,5-6,8H2,1-2H3. The first-order valence-electron chi connectivity index (χ1n) is 6.00. The fourth-order valence-corrected chi connectivity index (χ4v) is 2.41. The Morgan fingerprint density at radius 3 is 2.94 bits per heavy atom. The third-order valence-corrected chi connectivity index (χ3v) is 3.44. The zero-order valence-electron chi connectivity index (χ0n) is 10.2. The van der Waals surface area contributed by atoms with Crippen LogP contribution in [0.15, 0.2) is 18.2 Å². The average Bonchev–Trinajstić information content (AvgIpc) is 2.65. The molecule has 0 amide bonds. The van der Waals surface area contributed by atoms with Crippen molar-refractivity contribution in [1.29, 1.82) is 0 Å². The van der Waals surface area contributed by atoms with Gasteiger partial charge in [-0.15, -0.1) is 0 Å². The highest BCUT2D eigenvalue weighted by Gasteiger charge is 2.20. The summed E-state index contributed by atoms with van der Waals surface area (Å²) in [5, 5.41) is 11.2. The van der Waals surface area contributed by atoms with Crippen molar-refractivity contribution in [3.8, 4) is 0 Å². The van der Waals surface area contributed by atoms with Gasteiger partial charge >= 0.3 is 0 Å². The van der Waals surface area contributed by atoms with Gasteiger partial charge in [0.05, 0.1) is 18.8 Å². The number of hydrogen-bond acceptors (Lipinski definition) is 2. The molecule has 0 unspecified atom stereocenters. The monoisotopic (exact) mass is 231 g/mol. The maximum Gasteiger partial charge on any atom is 0.0840 e. The molecule has 90 valence electrons. The summed E-state index contributed by atoms with van der Waals surface area (Å²) in [5.74, 6) is 0. The van der Waals surface area contributed by atoms with E-state index in [4.69, 9.17) is 4.74 Å². The Labute approximate surface area is 100 Å². The lowest BCUT2D eigenvalue weighted by molar-refractivity contribution is 0.0787. The highest BCUT2D eigenvalue weighted by atomic mass is 16.5. The molecular formula is C14H17NO2. The summed E-state index contributed by atoms with van der Waals surface area (Å²) in [6, 6.07) is 6.09. The number of rotatable bonds is 1. The van der Waals surface area contributed by atoms with Crippen molar-refractivity contribution in [3.05, 3.63) is 35.0 Å². The molecule has 0 bridgehead atoms. The Morgan fingerprint density at radius 2 is 2.18 bits per heavy atom. The predicted molar refractivity (Wildman–Crippen MR) is 66.9 cm³/mol. The van der Waals surface area contributed by atoms with Crippen LogP contribution in [-0.2, 0) is 23.4 Å². The van der Waals surface area contributed by atoms with Crippen LogP contribution in [0.5, 0.6) is 0 Å². The van der Waals surface area contributed by atoms with Crippen molar-refractivity contribution >= 4 is 10.9 Å². The van der Waals surface area contributed by atoms with Crippen LogP contribution in [0.3, 0.4) is 0 Å². The van der Waals surface area contributed by atoms with Gasteiger partial charge in [-0.05, 0) is 31.5 Å². The van der Waals surface area contributed by atoms with Gasteiger partial charge in [-0.25, -0.2) is 0 Å². The summed E-state index contributed by atoms with van der Waals surface area (Å²) >= 11 is 0. The van der Waals surface area contributed by atoms with Gasteiger partial charge in [-0.1, -0.05) is 6.07 Å². The highest BCUT2D eigenvalue weighted by molar-refractivity contribution is 5.85.